The SMILES string of the molecule is OCCc1nn(-c2cccc(Cl)c2Cl)cc1Br. The first-order valence-electron chi connectivity index (χ1n) is 4.92. The number of aliphatic hydroxyl groups is 1. The number of hydrogen-bond acceptors (Lipinski definition) is 2. The van der Waals surface area contributed by atoms with Crippen LogP contribution in [0.4, 0.5) is 0 Å². The van der Waals surface area contributed by atoms with Crippen LogP contribution in [0.15, 0.2) is 28.9 Å². The maximum Gasteiger partial charge on any atom is 0.0849 e. The van der Waals surface area contributed by atoms with Gasteiger partial charge in [-0.2, -0.15) is 5.10 Å². The zero-order valence-corrected chi connectivity index (χ0v) is 11.8. The Hall–Kier alpha value is -0.550. The molecule has 1 heterocycles. The molecule has 0 aliphatic heterocycles. The standard InChI is InChI=1S/C11H9BrCl2N2O/c12-7-6-16(15-9(7)4-5-17)10-3-1-2-8(13)11(10)14/h1-3,6,17H,4-5H2. The van der Waals surface area contributed by atoms with Crippen LogP contribution in [-0.2, 0) is 6.42 Å². The molecule has 0 bridgehead atoms. The first-order valence-corrected chi connectivity index (χ1v) is 6.47. The zero-order chi connectivity index (χ0) is 12.4. The fourth-order valence-electron chi connectivity index (χ4n) is 1.46. The van der Waals surface area contributed by atoms with Gasteiger partial charge in [-0.3, -0.25) is 0 Å². The van der Waals surface area contributed by atoms with Crippen molar-refractivity contribution < 1.29 is 5.11 Å². The van der Waals surface area contributed by atoms with Crippen molar-refractivity contribution in [2.75, 3.05) is 6.61 Å². The molecule has 2 rings (SSSR count). The molecule has 2 aromatic rings. The highest BCUT2D eigenvalue weighted by Gasteiger charge is 2.11. The highest BCUT2D eigenvalue weighted by molar-refractivity contribution is 9.10. The lowest BCUT2D eigenvalue weighted by molar-refractivity contribution is 0.298. The van der Waals surface area contributed by atoms with E-state index in [-0.39, 0.29) is 6.61 Å². The Morgan fingerprint density at radius 2 is 2.12 bits per heavy atom. The van der Waals surface area contributed by atoms with E-state index in [0.29, 0.717) is 22.2 Å². The lowest BCUT2D eigenvalue weighted by atomic mass is 10.3. The van der Waals surface area contributed by atoms with Crippen molar-refractivity contribution in [1.29, 1.82) is 0 Å². The number of aliphatic hydroxyl groups excluding tert-OH is 1. The van der Waals surface area contributed by atoms with Crippen LogP contribution in [-0.4, -0.2) is 21.5 Å². The first kappa shape index (κ1) is 12.9. The molecule has 3 nitrogen and oxygen atoms in total. The Balaban J connectivity index is 2.46. The second-order valence-electron chi connectivity index (χ2n) is 3.41. The number of rotatable bonds is 3. The molecule has 90 valence electrons. The molecule has 0 fully saturated rings. The third-order valence-electron chi connectivity index (χ3n) is 2.27. The fourth-order valence-corrected chi connectivity index (χ4v) is 2.31. The first-order chi connectivity index (χ1) is 8.13. The number of aromatic nitrogens is 2. The minimum atomic E-state index is 0.0545. The van der Waals surface area contributed by atoms with Gasteiger partial charge in [0.2, 0.25) is 0 Å². The molecule has 1 aromatic heterocycles. The maximum atomic E-state index is 8.91. The Bertz CT molecular complexity index is 542. The van der Waals surface area contributed by atoms with Crippen molar-refractivity contribution >= 4 is 39.1 Å². The van der Waals surface area contributed by atoms with E-state index in [4.69, 9.17) is 28.3 Å². The summed E-state index contributed by atoms with van der Waals surface area (Å²) >= 11 is 15.4. The molecular weight excluding hydrogens is 327 g/mol. The van der Waals surface area contributed by atoms with Gasteiger partial charge in [0, 0.05) is 19.2 Å². The summed E-state index contributed by atoms with van der Waals surface area (Å²) in [6.45, 7) is 0.0545. The predicted octanol–water partition coefficient (Wildman–Crippen LogP) is 3.48. The summed E-state index contributed by atoms with van der Waals surface area (Å²) in [5.41, 5.74) is 1.49. The molecule has 0 atom stereocenters. The van der Waals surface area contributed by atoms with E-state index in [1.807, 2.05) is 12.1 Å². The molecule has 0 unspecified atom stereocenters. The summed E-state index contributed by atoms with van der Waals surface area (Å²) in [5, 5.41) is 14.2. The molecule has 0 radical (unpaired) electrons. The molecular formula is C11H9BrCl2N2O. The van der Waals surface area contributed by atoms with Crippen molar-refractivity contribution in [3.05, 3.63) is 44.6 Å². The molecule has 17 heavy (non-hydrogen) atoms. The van der Waals surface area contributed by atoms with E-state index in [1.54, 1.807) is 16.9 Å². The van der Waals surface area contributed by atoms with Gasteiger partial charge >= 0.3 is 0 Å². The summed E-state index contributed by atoms with van der Waals surface area (Å²) in [6, 6.07) is 5.36. The van der Waals surface area contributed by atoms with Crippen molar-refractivity contribution in [2.24, 2.45) is 0 Å². The lowest BCUT2D eigenvalue weighted by Gasteiger charge is -2.05. The molecule has 0 aliphatic carbocycles. The van der Waals surface area contributed by atoms with Crippen LogP contribution in [0.25, 0.3) is 5.69 Å². The Labute approximate surface area is 117 Å². The third kappa shape index (κ3) is 2.65. The third-order valence-corrected chi connectivity index (χ3v) is 3.74. The highest BCUT2D eigenvalue weighted by atomic mass is 79.9. The normalized spacial score (nSPS) is 10.8. The molecule has 0 amide bonds. The average Bonchev–Trinajstić information content (AvgIpc) is 2.65. The van der Waals surface area contributed by atoms with Crippen LogP contribution in [0, 0.1) is 0 Å². The molecule has 0 saturated carbocycles. The number of benzene rings is 1. The number of hydrogen-bond donors (Lipinski definition) is 1. The van der Waals surface area contributed by atoms with Crippen LogP contribution in [0.5, 0.6) is 0 Å². The van der Waals surface area contributed by atoms with Gasteiger partial charge < -0.3 is 5.11 Å². The van der Waals surface area contributed by atoms with Gasteiger partial charge in [-0.1, -0.05) is 29.3 Å². The zero-order valence-electron chi connectivity index (χ0n) is 8.70. The Morgan fingerprint density at radius 1 is 1.35 bits per heavy atom. The molecule has 6 heteroatoms. The van der Waals surface area contributed by atoms with E-state index in [0.717, 1.165) is 10.2 Å². The van der Waals surface area contributed by atoms with Gasteiger partial charge in [-0.15, -0.1) is 0 Å². The van der Waals surface area contributed by atoms with E-state index in [9.17, 15) is 0 Å². The average molecular weight is 336 g/mol. The topological polar surface area (TPSA) is 38.1 Å². The predicted molar refractivity (Wildman–Crippen MR) is 72.1 cm³/mol. The van der Waals surface area contributed by atoms with Crippen molar-refractivity contribution in [1.82, 2.24) is 9.78 Å². The summed E-state index contributed by atoms with van der Waals surface area (Å²) in [4.78, 5) is 0. The Morgan fingerprint density at radius 3 is 2.82 bits per heavy atom. The van der Waals surface area contributed by atoms with Crippen LogP contribution in [0.1, 0.15) is 5.69 Å². The van der Waals surface area contributed by atoms with Crippen molar-refractivity contribution in [3.63, 3.8) is 0 Å². The van der Waals surface area contributed by atoms with Crippen LogP contribution >= 0.6 is 39.1 Å². The molecule has 1 aromatic carbocycles. The molecule has 1 N–H and O–H groups in total. The van der Waals surface area contributed by atoms with Gasteiger partial charge in [0.15, 0.2) is 0 Å². The smallest absolute Gasteiger partial charge is 0.0849 e. The largest absolute Gasteiger partial charge is 0.396 e. The second kappa shape index (κ2) is 5.40. The molecule has 0 saturated heterocycles. The quantitative estimate of drug-likeness (QED) is 0.932. The number of halogens is 3. The van der Waals surface area contributed by atoms with Crippen LogP contribution < -0.4 is 0 Å². The lowest BCUT2D eigenvalue weighted by Crippen LogP contribution is -1.98. The summed E-state index contributed by atoms with van der Waals surface area (Å²) in [7, 11) is 0. The van der Waals surface area contributed by atoms with Gasteiger partial charge in [-0.25, -0.2) is 4.68 Å². The van der Waals surface area contributed by atoms with Gasteiger partial charge in [0.1, 0.15) is 0 Å². The Kier molecular flexibility index (Phi) is 4.09. The number of nitrogens with zero attached hydrogens (tertiary/aromatic N) is 2. The second-order valence-corrected chi connectivity index (χ2v) is 5.05. The van der Waals surface area contributed by atoms with Crippen LogP contribution in [0.2, 0.25) is 10.0 Å². The fraction of sp³-hybridized carbons (Fsp3) is 0.182. The highest BCUT2D eigenvalue weighted by Crippen LogP contribution is 2.29. The summed E-state index contributed by atoms with van der Waals surface area (Å²) < 4.78 is 2.48. The van der Waals surface area contributed by atoms with E-state index in [1.165, 1.54) is 0 Å². The summed E-state index contributed by atoms with van der Waals surface area (Å²) in [6.07, 6.45) is 2.29. The maximum absolute atomic E-state index is 8.91. The minimum absolute atomic E-state index is 0.0545. The van der Waals surface area contributed by atoms with Crippen LogP contribution in [0.3, 0.4) is 0 Å². The molecule has 0 spiro atoms. The van der Waals surface area contributed by atoms with Gasteiger partial charge in [0.25, 0.3) is 0 Å². The monoisotopic (exact) mass is 334 g/mol. The molecule has 0 aliphatic rings. The summed E-state index contributed by atoms with van der Waals surface area (Å²) in [5.74, 6) is 0. The van der Waals surface area contributed by atoms with Crippen molar-refractivity contribution in [3.8, 4) is 5.69 Å². The van der Waals surface area contributed by atoms with Crippen molar-refractivity contribution in [2.45, 2.75) is 6.42 Å². The van der Waals surface area contributed by atoms with E-state index < -0.39 is 0 Å². The van der Waals surface area contributed by atoms with Gasteiger partial charge in [-0.05, 0) is 28.1 Å². The van der Waals surface area contributed by atoms with Gasteiger partial charge in [0.05, 0.1) is 25.9 Å². The minimum Gasteiger partial charge on any atom is -0.396 e. The van der Waals surface area contributed by atoms with E-state index in [2.05, 4.69) is 21.0 Å². The van der Waals surface area contributed by atoms with E-state index >= 15 is 0 Å².